The molecule has 0 saturated heterocycles. The molecule has 1 aromatic rings. The van der Waals surface area contributed by atoms with E-state index in [2.05, 4.69) is 20.8 Å². The van der Waals surface area contributed by atoms with Crippen LogP contribution in [0.1, 0.15) is 112 Å². The Bertz CT molecular complexity index is 1230. The molecule has 2 fully saturated rings. The molecular weight excluding hydrogens is 526 g/mol. The number of benzene rings is 1. The van der Waals surface area contributed by atoms with Crippen LogP contribution in [0.2, 0.25) is 0 Å². The van der Waals surface area contributed by atoms with Crippen LogP contribution in [-0.4, -0.2) is 63.4 Å². The second kappa shape index (κ2) is 10.8. The molecule has 1 heterocycles. The fraction of sp³-hybridized carbons (Fsp3) is 0.719. The number of hydrogen-bond acceptors (Lipinski definition) is 6. The van der Waals surface area contributed by atoms with E-state index in [1.54, 1.807) is 6.92 Å². The lowest BCUT2D eigenvalue weighted by atomic mass is 9.46. The van der Waals surface area contributed by atoms with Gasteiger partial charge >= 0.3 is 11.9 Å². The van der Waals surface area contributed by atoms with Gasteiger partial charge in [0.1, 0.15) is 23.1 Å². The minimum atomic E-state index is -1.26. The van der Waals surface area contributed by atoms with E-state index in [0.29, 0.717) is 17.9 Å². The number of aliphatic carboxylic acids is 1. The molecule has 0 bridgehead atoms. The van der Waals surface area contributed by atoms with Gasteiger partial charge < -0.3 is 29.7 Å². The Morgan fingerprint density at radius 2 is 1.73 bits per heavy atom. The third-order valence-corrected chi connectivity index (χ3v) is 10.5. The molecule has 1 unspecified atom stereocenters. The lowest BCUT2D eigenvalue weighted by Crippen LogP contribution is -2.59. The molecular formula is C32H47NO8. The van der Waals surface area contributed by atoms with Crippen molar-refractivity contribution in [1.82, 2.24) is 4.90 Å². The molecule has 2 saturated carbocycles. The maximum atomic E-state index is 13.9. The Labute approximate surface area is 243 Å². The summed E-state index contributed by atoms with van der Waals surface area (Å²) in [7, 11) is 1.37. The average molecular weight is 574 g/mol. The maximum Gasteiger partial charge on any atom is 0.339 e. The van der Waals surface area contributed by atoms with Crippen molar-refractivity contribution >= 4 is 17.8 Å². The molecule has 0 radical (unpaired) electrons. The number of rotatable bonds is 9. The van der Waals surface area contributed by atoms with E-state index in [-0.39, 0.29) is 70.4 Å². The Hall–Kier alpha value is -2.81. The predicted octanol–water partition coefficient (Wildman–Crippen LogP) is 5.53. The van der Waals surface area contributed by atoms with Crippen molar-refractivity contribution in [3.8, 4) is 11.5 Å². The van der Waals surface area contributed by atoms with Crippen LogP contribution in [0, 0.1) is 35.5 Å². The van der Waals surface area contributed by atoms with Gasteiger partial charge in [0.15, 0.2) is 0 Å². The van der Waals surface area contributed by atoms with Gasteiger partial charge in [-0.1, -0.05) is 41.0 Å². The molecule has 4 rings (SSSR count). The van der Waals surface area contributed by atoms with Crippen LogP contribution in [0.4, 0.5) is 0 Å². The van der Waals surface area contributed by atoms with Crippen LogP contribution in [0.25, 0.3) is 0 Å². The largest absolute Gasteiger partial charge is 0.495 e. The quantitative estimate of drug-likeness (QED) is 0.351. The number of amides is 1. The molecule has 1 amide bonds. The molecule has 0 aromatic heterocycles. The first kappa shape index (κ1) is 31.1. The molecule has 0 spiro atoms. The van der Waals surface area contributed by atoms with E-state index in [9.17, 15) is 29.7 Å². The van der Waals surface area contributed by atoms with Crippen LogP contribution >= 0.6 is 0 Å². The molecule has 3 aliphatic rings. The van der Waals surface area contributed by atoms with Crippen molar-refractivity contribution in [2.75, 3.05) is 13.7 Å². The highest BCUT2D eigenvalue weighted by Crippen LogP contribution is 2.62. The molecule has 1 aliphatic heterocycles. The highest BCUT2D eigenvalue weighted by atomic mass is 16.5. The van der Waals surface area contributed by atoms with E-state index < -0.39 is 29.5 Å². The first-order valence-electron chi connectivity index (χ1n) is 14.8. The summed E-state index contributed by atoms with van der Waals surface area (Å²) in [4.78, 5) is 39.9. The van der Waals surface area contributed by atoms with Gasteiger partial charge in [0, 0.05) is 23.6 Å². The third kappa shape index (κ3) is 5.19. The zero-order chi connectivity index (χ0) is 30.7. The minimum Gasteiger partial charge on any atom is -0.495 e. The summed E-state index contributed by atoms with van der Waals surface area (Å²) in [6.07, 6.45) is 4.96. The minimum absolute atomic E-state index is 0.000477. The fourth-order valence-electron chi connectivity index (χ4n) is 8.53. The number of methoxy groups -OCH3 is 1. The molecule has 1 aromatic carbocycles. The lowest BCUT2D eigenvalue weighted by molar-refractivity contribution is -0.176. The predicted molar refractivity (Wildman–Crippen MR) is 154 cm³/mol. The Kier molecular flexibility index (Phi) is 8.19. The number of carbonyl (C=O) groups is 3. The Morgan fingerprint density at radius 3 is 2.29 bits per heavy atom. The summed E-state index contributed by atoms with van der Waals surface area (Å²) in [5, 5.41) is 31.8. The van der Waals surface area contributed by atoms with E-state index in [1.807, 2.05) is 20.8 Å². The number of aromatic carboxylic acids is 1. The van der Waals surface area contributed by atoms with Crippen LogP contribution in [-0.2, 0) is 11.3 Å². The van der Waals surface area contributed by atoms with E-state index in [1.165, 1.54) is 12.0 Å². The number of carboxylic acid groups (broad SMARTS) is 2. The van der Waals surface area contributed by atoms with E-state index in [4.69, 9.17) is 9.47 Å². The van der Waals surface area contributed by atoms with Gasteiger partial charge in [0.05, 0.1) is 24.9 Å². The SMILES string of the molecule is COc1c(C)c(OC[C@@H]2[C@@]3(C)CCCC(C)(C)[C@@H]3CC[C@@]2(C)O)c2c(c1C(=O)O)CN(C(CC(C)C)C(=O)O)C2=O. The first-order chi connectivity index (χ1) is 19.0. The highest BCUT2D eigenvalue weighted by Gasteiger charge is 2.58. The van der Waals surface area contributed by atoms with E-state index >= 15 is 0 Å². The second-order valence-corrected chi connectivity index (χ2v) is 14.1. The zero-order valence-corrected chi connectivity index (χ0v) is 25.8. The Morgan fingerprint density at radius 1 is 1.07 bits per heavy atom. The lowest BCUT2D eigenvalue weighted by Gasteiger charge is -2.61. The van der Waals surface area contributed by atoms with Crippen molar-refractivity contribution < 1.29 is 39.2 Å². The van der Waals surface area contributed by atoms with Crippen LogP contribution < -0.4 is 9.47 Å². The summed E-state index contributed by atoms with van der Waals surface area (Å²) in [5.41, 5.74) is -0.539. The van der Waals surface area contributed by atoms with E-state index in [0.717, 1.165) is 25.7 Å². The van der Waals surface area contributed by atoms with Gasteiger partial charge in [-0.15, -0.1) is 0 Å². The third-order valence-electron chi connectivity index (χ3n) is 10.5. The van der Waals surface area contributed by atoms with Crippen LogP contribution in [0.15, 0.2) is 0 Å². The molecule has 5 atom stereocenters. The van der Waals surface area contributed by atoms with Crippen LogP contribution in [0.3, 0.4) is 0 Å². The van der Waals surface area contributed by atoms with Crippen molar-refractivity contribution in [1.29, 1.82) is 0 Å². The van der Waals surface area contributed by atoms with Gasteiger partial charge in [-0.25, -0.2) is 9.59 Å². The van der Waals surface area contributed by atoms with Crippen LogP contribution in [0.5, 0.6) is 11.5 Å². The fourth-order valence-corrected chi connectivity index (χ4v) is 8.53. The molecule has 41 heavy (non-hydrogen) atoms. The second-order valence-electron chi connectivity index (χ2n) is 14.1. The summed E-state index contributed by atoms with van der Waals surface area (Å²) < 4.78 is 12.1. The normalized spacial score (nSPS) is 29.6. The van der Waals surface area contributed by atoms with Gasteiger partial charge in [-0.3, -0.25) is 4.79 Å². The number of ether oxygens (including phenoxy) is 2. The summed E-state index contributed by atoms with van der Waals surface area (Å²) in [6, 6.07) is -1.11. The molecule has 3 N–H and O–H groups in total. The maximum absolute atomic E-state index is 13.9. The van der Waals surface area contributed by atoms with Crippen molar-refractivity contribution in [3.63, 3.8) is 0 Å². The summed E-state index contributed by atoms with van der Waals surface area (Å²) >= 11 is 0. The molecule has 2 aliphatic carbocycles. The standard InChI is InChI=1S/C32H47NO8/c1-17(2)14-20(28(35)36)33-15-19-23(27(33)34)26(18(3)25(40-8)24(19)29(37)38)41-16-22-31(6)12-9-11-30(4,5)21(31)10-13-32(22,7)39/h17,20-22,39H,9-16H2,1-8H3,(H,35,36)(H,37,38)/t20?,21-,22+,31-,32+/m0/s1. The molecule has 228 valence electrons. The number of nitrogens with zero attached hydrogens (tertiary/aromatic N) is 1. The zero-order valence-electron chi connectivity index (χ0n) is 25.8. The topological polar surface area (TPSA) is 134 Å². The van der Waals surface area contributed by atoms with Crippen molar-refractivity contribution in [2.45, 2.75) is 105 Å². The number of aliphatic hydroxyl groups is 1. The van der Waals surface area contributed by atoms with Crippen molar-refractivity contribution in [3.05, 3.63) is 22.3 Å². The number of fused-ring (bicyclic) bond motifs is 2. The molecule has 9 heteroatoms. The summed E-state index contributed by atoms with van der Waals surface area (Å²) in [6.45, 7) is 14.1. The highest BCUT2D eigenvalue weighted by molar-refractivity contribution is 6.08. The van der Waals surface area contributed by atoms with Gasteiger partial charge in [0.2, 0.25) is 0 Å². The van der Waals surface area contributed by atoms with Gasteiger partial charge in [-0.2, -0.15) is 0 Å². The van der Waals surface area contributed by atoms with Crippen molar-refractivity contribution in [2.24, 2.45) is 28.6 Å². The smallest absolute Gasteiger partial charge is 0.339 e. The number of carboxylic acids is 2. The number of hydrogen-bond donors (Lipinski definition) is 3. The molecule has 9 nitrogen and oxygen atoms in total. The van der Waals surface area contributed by atoms with Gasteiger partial charge in [0.25, 0.3) is 5.91 Å². The first-order valence-corrected chi connectivity index (χ1v) is 14.8. The Balaban J connectivity index is 1.80. The average Bonchev–Trinajstić information content (AvgIpc) is 3.17. The van der Waals surface area contributed by atoms with Gasteiger partial charge in [-0.05, 0) is 68.6 Å². The number of carbonyl (C=O) groups excluding carboxylic acids is 1. The summed E-state index contributed by atoms with van der Waals surface area (Å²) in [5.74, 6) is -2.48. The monoisotopic (exact) mass is 573 g/mol.